The van der Waals surface area contributed by atoms with Crippen LogP contribution in [0.2, 0.25) is 5.02 Å². The number of aromatic carboxylic acids is 1. The van der Waals surface area contributed by atoms with Gasteiger partial charge in [0.1, 0.15) is 17.3 Å². The number of nitrogens with one attached hydrogen (secondary N) is 1. The van der Waals surface area contributed by atoms with Gasteiger partial charge in [0.2, 0.25) is 0 Å². The van der Waals surface area contributed by atoms with Crippen molar-refractivity contribution in [1.82, 2.24) is 0 Å². The fraction of sp³-hybridized carbons (Fsp3) is 0.188. The maximum absolute atomic E-state index is 12.6. The van der Waals surface area contributed by atoms with Gasteiger partial charge in [-0.1, -0.05) is 11.6 Å². The summed E-state index contributed by atoms with van der Waals surface area (Å²) < 4.78 is 37.9. The summed E-state index contributed by atoms with van der Waals surface area (Å²) in [5.74, 6) is -0.964. The first kappa shape index (κ1) is 19.0. The Morgan fingerprint density at radius 1 is 1.16 bits per heavy atom. The second-order valence-electron chi connectivity index (χ2n) is 4.92. The lowest BCUT2D eigenvalue weighted by Gasteiger charge is -2.14. The first-order chi connectivity index (χ1) is 11.8. The summed E-state index contributed by atoms with van der Waals surface area (Å²) in [6.45, 7) is 0.472. The van der Waals surface area contributed by atoms with Crippen molar-refractivity contribution < 1.29 is 27.8 Å². The maximum atomic E-state index is 12.6. The molecule has 0 bridgehead atoms. The van der Waals surface area contributed by atoms with E-state index in [0.717, 1.165) is 0 Å². The van der Waals surface area contributed by atoms with Gasteiger partial charge in [0.15, 0.2) is 0 Å². The van der Waals surface area contributed by atoms with Gasteiger partial charge in [0.25, 0.3) is 10.0 Å². The Morgan fingerprint density at radius 2 is 1.84 bits per heavy atom. The van der Waals surface area contributed by atoms with Gasteiger partial charge in [-0.25, -0.2) is 13.2 Å². The van der Waals surface area contributed by atoms with Crippen LogP contribution >= 0.6 is 11.6 Å². The molecule has 0 aromatic heterocycles. The highest BCUT2D eigenvalue weighted by atomic mass is 35.5. The minimum absolute atomic E-state index is 0.0503. The minimum atomic E-state index is -3.98. The summed E-state index contributed by atoms with van der Waals surface area (Å²) in [6, 6.07) is 9.57. The molecule has 0 saturated heterocycles. The molecule has 7 nitrogen and oxygen atoms in total. The fourth-order valence-electron chi connectivity index (χ4n) is 1.94. The molecule has 2 aromatic carbocycles. The zero-order valence-electron chi connectivity index (χ0n) is 13.2. The molecular formula is C16H16ClNO6S. The Labute approximate surface area is 150 Å². The Morgan fingerprint density at radius 3 is 2.44 bits per heavy atom. The van der Waals surface area contributed by atoms with Crippen LogP contribution in [0.25, 0.3) is 0 Å². The summed E-state index contributed by atoms with van der Waals surface area (Å²) in [5, 5.41) is 9.11. The maximum Gasteiger partial charge on any atom is 0.335 e. The number of ether oxygens (including phenoxy) is 2. The smallest absolute Gasteiger partial charge is 0.335 e. The van der Waals surface area contributed by atoms with E-state index in [0.29, 0.717) is 6.61 Å². The Balaban J connectivity index is 2.28. The largest absolute Gasteiger partial charge is 0.490 e. The van der Waals surface area contributed by atoms with Crippen LogP contribution in [0, 0.1) is 0 Å². The van der Waals surface area contributed by atoms with Crippen LogP contribution in [0.15, 0.2) is 47.4 Å². The van der Waals surface area contributed by atoms with Crippen LogP contribution in [0.1, 0.15) is 10.4 Å². The predicted octanol–water partition coefficient (Wildman–Crippen LogP) is 2.86. The highest BCUT2D eigenvalue weighted by molar-refractivity contribution is 7.92. The fourth-order valence-corrected chi connectivity index (χ4v) is 3.40. The number of hydrogen-bond donors (Lipinski definition) is 2. The number of methoxy groups -OCH3 is 1. The van der Waals surface area contributed by atoms with Crippen LogP contribution in [0.5, 0.6) is 5.75 Å². The van der Waals surface area contributed by atoms with Crippen LogP contribution in [-0.2, 0) is 14.8 Å². The molecule has 2 N–H and O–H groups in total. The van der Waals surface area contributed by atoms with Crippen molar-refractivity contribution in [3.63, 3.8) is 0 Å². The Bertz CT molecular complexity index is 851. The average molecular weight is 386 g/mol. The lowest BCUT2D eigenvalue weighted by Crippen LogP contribution is -2.15. The number of sulfonamides is 1. The Hall–Kier alpha value is -2.29. The van der Waals surface area contributed by atoms with Crippen LogP contribution in [0.4, 0.5) is 5.69 Å². The number of carboxylic acid groups (broad SMARTS) is 1. The van der Waals surface area contributed by atoms with Gasteiger partial charge < -0.3 is 14.6 Å². The highest BCUT2D eigenvalue weighted by Crippen LogP contribution is 2.29. The van der Waals surface area contributed by atoms with Gasteiger partial charge in [-0.15, -0.1) is 0 Å². The zero-order chi connectivity index (χ0) is 18.4. The van der Waals surface area contributed by atoms with E-state index in [1.165, 1.54) is 49.6 Å². The molecule has 25 heavy (non-hydrogen) atoms. The van der Waals surface area contributed by atoms with Crippen molar-refractivity contribution in [2.24, 2.45) is 0 Å². The Kier molecular flexibility index (Phi) is 6.24. The number of anilines is 1. The van der Waals surface area contributed by atoms with Crippen molar-refractivity contribution in [2.75, 3.05) is 25.0 Å². The molecule has 0 fully saturated rings. The topological polar surface area (TPSA) is 102 Å². The lowest BCUT2D eigenvalue weighted by atomic mass is 10.2. The number of carbonyl (C=O) groups is 1. The van der Waals surface area contributed by atoms with Crippen LogP contribution in [0.3, 0.4) is 0 Å². The van der Waals surface area contributed by atoms with E-state index in [9.17, 15) is 13.2 Å². The molecule has 0 radical (unpaired) electrons. The van der Waals surface area contributed by atoms with E-state index in [4.69, 9.17) is 26.2 Å². The van der Waals surface area contributed by atoms with Gasteiger partial charge in [-0.3, -0.25) is 4.72 Å². The third kappa shape index (κ3) is 5.09. The van der Waals surface area contributed by atoms with E-state index in [1.54, 1.807) is 0 Å². The van der Waals surface area contributed by atoms with Gasteiger partial charge in [0.05, 0.1) is 12.2 Å². The molecule has 0 saturated carbocycles. The van der Waals surface area contributed by atoms with Crippen LogP contribution < -0.4 is 9.46 Å². The van der Waals surface area contributed by atoms with Crippen molar-refractivity contribution >= 4 is 33.3 Å². The number of hydrogen-bond acceptors (Lipinski definition) is 5. The molecular weight excluding hydrogens is 370 g/mol. The molecule has 0 aliphatic carbocycles. The number of benzene rings is 2. The van der Waals surface area contributed by atoms with Crippen molar-refractivity contribution in [2.45, 2.75) is 4.90 Å². The molecule has 0 amide bonds. The third-order valence-corrected chi connectivity index (χ3v) is 4.76. The summed E-state index contributed by atoms with van der Waals surface area (Å²) in [4.78, 5) is 10.7. The molecule has 0 unspecified atom stereocenters. The molecule has 0 spiro atoms. The van der Waals surface area contributed by atoms with Crippen molar-refractivity contribution in [1.29, 1.82) is 0 Å². The molecule has 2 rings (SSSR count). The van der Waals surface area contributed by atoms with Crippen LogP contribution in [-0.4, -0.2) is 39.8 Å². The lowest BCUT2D eigenvalue weighted by molar-refractivity contribution is 0.0697. The second-order valence-corrected chi connectivity index (χ2v) is 7.01. The van der Waals surface area contributed by atoms with E-state index < -0.39 is 16.0 Å². The van der Waals surface area contributed by atoms with Gasteiger partial charge >= 0.3 is 5.97 Å². The third-order valence-electron chi connectivity index (χ3n) is 3.12. The molecule has 0 atom stereocenters. The van der Waals surface area contributed by atoms with Crippen molar-refractivity contribution in [3.8, 4) is 5.75 Å². The molecule has 2 aromatic rings. The van der Waals surface area contributed by atoms with E-state index in [1.807, 2.05) is 0 Å². The van der Waals surface area contributed by atoms with Crippen molar-refractivity contribution in [3.05, 3.63) is 53.1 Å². The number of carboxylic acids is 1. The van der Waals surface area contributed by atoms with E-state index in [-0.39, 0.29) is 33.5 Å². The first-order valence-corrected chi connectivity index (χ1v) is 8.97. The molecule has 0 aliphatic rings. The molecule has 0 aliphatic heterocycles. The standard InChI is InChI=1S/C16H16ClNO6S/c1-23-8-9-24-14-7-4-12(17)10-15(14)25(21,22)18-13-5-2-11(3-6-13)16(19)20/h2-7,10,18H,8-9H2,1H3,(H,19,20). The van der Waals surface area contributed by atoms with E-state index in [2.05, 4.69) is 4.72 Å². The zero-order valence-corrected chi connectivity index (χ0v) is 14.8. The molecule has 0 heterocycles. The minimum Gasteiger partial charge on any atom is -0.490 e. The van der Waals surface area contributed by atoms with Gasteiger partial charge in [-0.2, -0.15) is 0 Å². The van der Waals surface area contributed by atoms with E-state index >= 15 is 0 Å². The summed E-state index contributed by atoms with van der Waals surface area (Å²) in [6.07, 6.45) is 0. The predicted molar refractivity (Wildman–Crippen MR) is 93.0 cm³/mol. The summed E-state index contributed by atoms with van der Waals surface area (Å²) >= 11 is 5.91. The SMILES string of the molecule is COCCOc1ccc(Cl)cc1S(=O)(=O)Nc1ccc(C(=O)O)cc1. The monoisotopic (exact) mass is 385 g/mol. The summed E-state index contributed by atoms with van der Waals surface area (Å²) in [7, 11) is -2.48. The van der Waals surface area contributed by atoms with Gasteiger partial charge in [0, 0.05) is 17.8 Å². The molecule has 134 valence electrons. The second kappa shape index (κ2) is 8.19. The number of rotatable bonds is 8. The highest BCUT2D eigenvalue weighted by Gasteiger charge is 2.21. The quantitative estimate of drug-likeness (QED) is 0.677. The van der Waals surface area contributed by atoms with Gasteiger partial charge in [-0.05, 0) is 42.5 Å². The first-order valence-electron chi connectivity index (χ1n) is 7.11. The number of halogens is 1. The average Bonchev–Trinajstić information content (AvgIpc) is 2.56. The summed E-state index contributed by atoms with van der Waals surface area (Å²) in [5.41, 5.74) is 0.266. The normalized spacial score (nSPS) is 11.1. The molecule has 9 heteroatoms.